The van der Waals surface area contributed by atoms with Crippen molar-refractivity contribution in [1.29, 1.82) is 0 Å². The van der Waals surface area contributed by atoms with Gasteiger partial charge >= 0.3 is 0 Å². The largest absolute Gasteiger partial charge is 0.507 e. The van der Waals surface area contributed by atoms with Crippen molar-refractivity contribution in [2.45, 2.75) is 13.0 Å². The van der Waals surface area contributed by atoms with Gasteiger partial charge in [-0.05, 0) is 24.4 Å². The van der Waals surface area contributed by atoms with Gasteiger partial charge in [0.2, 0.25) is 0 Å². The van der Waals surface area contributed by atoms with E-state index in [4.69, 9.17) is 11.6 Å². The topological polar surface area (TPSA) is 45.2 Å². The van der Waals surface area contributed by atoms with Crippen LogP contribution in [0.3, 0.4) is 0 Å². The number of benzene rings is 2. The van der Waals surface area contributed by atoms with E-state index in [1.165, 1.54) is 0 Å². The van der Waals surface area contributed by atoms with Crippen molar-refractivity contribution >= 4 is 28.2 Å². The summed E-state index contributed by atoms with van der Waals surface area (Å²) in [6, 6.07) is 17.0. The van der Waals surface area contributed by atoms with Gasteiger partial charge in [-0.1, -0.05) is 54.1 Å². The van der Waals surface area contributed by atoms with Crippen LogP contribution in [0.25, 0.3) is 10.8 Å². The first-order chi connectivity index (χ1) is 10.1. The molecule has 106 valence electrons. The highest BCUT2D eigenvalue weighted by atomic mass is 35.5. The summed E-state index contributed by atoms with van der Waals surface area (Å²) in [5.41, 5.74) is 0.829. The highest BCUT2D eigenvalue weighted by Gasteiger charge is 2.13. The maximum atomic E-state index is 10.5. The van der Waals surface area contributed by atoms with E-state index in [0.29, 0.717) is 16.7 Å². The number of pyridine rings is 1. The first-order valence-electron chi connectivity index (χ1n) is 6.75. The molecule has 3 nitrogen and oxygen atoms in total. The normalized spacial score (nSPS) is 12.3. The Kier molecular flexibility index (Phi) is 3.67. The summed E-state index contributed by atoms with van der Waals surface area (Å²) in [7, 11) is 0. The Balaban J connectivity index is 1.94. The number of nitrogens with one attached hydrogen (secondary N) is 1. The van der Waals surface area contributed by atoms with Crippen LogP contribution >= 0.6 is 11.6 Å². The molecule has 1 unspecified atom stereocenters. The number of aromatic hydroxyl groups is 1. The zero-order valence-electron chi connectivity index (χ0n) is 11.5. The molecule has 2 aromatic carbocycles. The van der Waals surface area contributed by atoms with Crippen LogP contribution in [0.2, 0.25) is 5.15 Å². The standard InChI is InChI=1S/C17H15ClN2O/c1-11(19-16-8-4-7-15(18)20-16)13-10-9-12-5-2-3-6-14(12)17(13)21/h2-11,21H,1H3,(H,19,20). The van der Waals surface area contributed by atoms with Gasteiger partial charge in [0.15, 0.2) is 0 Å². The Hall–Kier alpha value is -2.26. The van der Waals surface area contributed by atoms with Gasteiger partial charge in [-0.15, -0.1) is 0 Å². The fraction of sp³-hybridized carbons (Fsp3) is 0.118. The Bertz CT molecular complexity index is 789. The van der Waals surface area contributed by atoms with Gasteiger partial charge in [0.25, 0.3) is 0 Å². The SMILES string of the molecule is CC(Nc1cccc(Cl)n1)c1ccc2ccccc2c1O. The van der Waals surface area contributed by atoms with Gasteiger partial charge < -0.3 is 10.4 Å². The van der Waals surface area contributed by atoms with Crippen molar-refractivity contribution in [3.05, 3.63) is 65.3 Å². The molecule has 0 saturated carbocycles. The molecular formula is C17H15ClN2O. The van der Waals surface area contributed by atoms with Gasteiger partial charge in [0.05, 0.1) is 6.04 Å². The molecule has 0 aliphatic heterocycles. The van der Waals surface area contributed by atoms with Crippen LogP contribution in [0.1, 0.15) is 18.5 Å². The lowest BCUT2D eigenvalue weighted by molar-refractivity contribution is 0.472. The molecule has 21 heavy (non-hydrogen) atoms. The number of halogens is 1. The predicted molar refractivity (Wildman–Crippen MR) is 86.9 cm³/mol. The van der Waals surface area contributed by atoms with E-state index in [9.17, 15) is 5.11 Å². The van der Waals surface area contributed by atoms with Crippen molar-refractivity contribution in [3.63, 3.8) is 0 Å². The van der Waals surface area contributed by atoms with Crippen LogP contribution in [0.15, 0.2) is 54.6 Å². The highest BCUT2D eigenvalue weighted by molar-refractivity contribution is 6.29. The minimum Gasteiger partial charge on any atom is -0.507 e. The lowest BCUT2D eigenvalue weighted by Crippen LogP contribution is -2.08. The number of aromatic nitrogens is 1. The zero-order chi connectivity index (χ0) is 14.8. The number of hydrogen-bond acceptors (Lipinski definition) is 3. The van der Waals surface area contributed by atoms with Crippen LogP contribution in [0.5, 0.6) is 5.75 Å². The average molecular weight is 299 g/mol. The van der Waals surface area contributed by atoms with Crippen molar-refractivity contribution in [2.24, 2.45) is 0 Å². The minimum atomic E-state index is -0.0828. The Morgan fingerprint density at radius 3 is 2.67 bits per heavy atom. The van der Waals surface area contributed by atoms with E-state index in [2.05, 4.69) is 10.3 Å². The third kappa shape index (κ3) is 2.78. The van der Waals surface area contributed by atoms with Crippen LogP contribution in [0.4, 0.5) is 5.82 Å². The van der Waals surface area contributed by atoms with Crippen LogP contribution in [0, 0.1) is 0 Å². The van der Waals surface area contributed by atoms with Crippen LogP contribution in [-0.2, 0) is 0 Å². The molecule has 0 aliphatic rings. The van der Waals surface area contributed by atoms with Gasteiger partial charge in [-0.2, -0.15) is 0 Å². The van der Waals surface area contributed by atoms with Crippen molar-refractivity contribution in [1.82, 2.24) is 4.98 Å². The maximum absolute atomic E-state index is 10.5. The van der Waals surface area contributed by atoms with E-state index in [1.807, 2.05) is 55.5 Å². The van der Waals surface area contributed by atoms with Crippen LogP contribution < -0.4 is 5.32 Å². The lowest BCUT2D eigenvalue weighted by atomic mass is 10.0. The third-order valence-electron chi connectivity index (χ3n) is 3.48. The lowest BCUT2D eigenvalue weighted by Gasteiger charge is -2.17. The molecule has 0 fully saturated rings. The molecule has 3 rings (SSSR count). The van der Waals surface area contributed by atoms with Crippen molar-refractivity contribution < 1.29 is 5.11 Å². The molecular weight excluding hydrogens is 284 g/mol. The van der Waals surface area contributed by atoms with E-state index >= 15 is 0 Å². The number of hydrogen-bond donors (Lipinski definition) is 2. The van der Waals surface area contributed by atoms with Crippen LogP contribution in [-0.4, -0.2) is 10.1 Å². The Labute approximate surface area is 128 Å². The predicted octanol–water partition coefficient (Wildman–Crippen LogP) is 4.77. The fourth-order valence-electron chi connectivity index (χ4n) is 2.41. The fourth-order valence-corrected chi connectivity index (χ4v) is 2.57. The van der Waals surface area contributed by atoms with Gasteiger partial charge in [-0.3, -0.25) is 0 Å². The number of rotatable bonds is 3. The summed E-state index contributed by atoms with van der Waals surface area (Å²) in [5.74, 6) is 0.984. The second kappa shape index (κ2) is 5.62. The summed E-state index contributed by atoms with van der Waals surface area (Å²) < 4.78 is 0. The minimum absolute atomic E-state index is 0.0828. The molecule has 1 aromatic heterocycles. The number of anilines is 1. The molecule has 4 heteroatoms. The molecule has 0 bridgehead atoms. The third-order valence-corrected chi connectivity index (χ3v) is 3.69. The quantitative estimate of drug-likeness (QED) is 0.685. The summed E-state index contributed by atoms with van der Waals surface area (Å²) in [4.78, 5) is 4.20. The first-order valence-corrected chi connectivity index (χ1v) is 7.12. The number of fused-ring (bicyclic) bond motifs is 1. The molecule has 0 aliphatic carbocycles. The molecule has 0 saturated heterocycles. The van der Waals surface area contributed by atoms with Gasteiger partial charge in [-0.25, -0.2) is 4.98 Å². The van der Waals surface area contributed by atoms with Gasteiger partial charge in [0.1, 0.15) is 16.7 Å². The van der Waals surface area contributed by atoms with E-state index in [1.54, 1.807) is 6.07 Å². The number of phenols is 1. The Morgan fingerprint density at radius 1 is 1.05 bits per heavy atom. The first kappa shape index (κ1) is 13.7. The number of nitrogens with zero attached hydrogens (tertiary/aromatic N) is 1. The molecule has 0 spiro atoms. The van der Waals surface area contributed by atoms with Gasteiger partial charge in [0, 0.05) is 10.9 Å². The molecule has 1 heterocycles. The van der Waals surface area contributed by atoms with E-state index in [0.717, 1.165) is 16.3 Å². The number of phenolic OH excluding ortho intramolecular Hbond substituents is 1. The summed E-state index contributed by atoms with van der Waals surface area (Å²) in [6.07, 6.45) is 0. The Morgan fingerprint density at radius 2 is 1.86 bits per heavy atom. The van der Waals surface area contributed by atoms with Crippen molar-refractivity contribution in [3.8, 4) is 5.75 Å². The zero-order valence-corrected chi connectivity index (χ0v) is 12.3. The van der Waals surface area contributed by atoms with Crippen molar-refractivity contribution in [2.75, 3.05) is 5.32 Å². The van der Waals surface area contributed by atoms with E-state index in [-0.39, 0.29) is 6.04 Å². The van der Waals surface area contributed by atoms with E-state index < -0.39 is 0 Å². The second-order valence-corrected chi connectivity index (χ2v) is 5.32. The maximum Gasteiger partial charge on any atom is 0.131 e. The molecule has 1 atom stereocenters. The molecule has 0 amide bonds. The summed E-state index contributed by atoms with van der Waals surface area (Å²) >= 11 is 5.88. The average Bonchev–Trinajstić information content (AvgIpc) is 2.48. The molecule has 3 aromatic rings. The highest BCUT2D eigenvalue weighted by Crippen LogP contribution is 2.33. The molecule has 0 radical (unpaired) electrons. The summed E-state index contributed by atoms with van der Waals surface area (Å²) in [6.45, 7) is 1.98. The smallest absolute Gasteiger partial charge is 0.131 e. The molecule has 2 N–H and O–H groups in total. The second-order valence-electron chi connectivity index (χ2n) is 4.94. The monoisotopic (exact) mass is 298 g/mol. The summed E-state index contributed by atoms with van der Waals surface area (Å²) in [5, 5.41) is 16.0.